The van der Waals surface area contributed by atoms with Gasteiger partial charge in [-0.25, -0.2) is 8.78 Å². The fraction of sp³-hybridized carbons (Fsp3) is 0.143. The van der Waals surface area contributed by atoms with E-state index in [4.69, 9.17) is 0 Å². The molecule has 0 aliphatic carbocycles. The van der Waals surface area contributed by atoms with Crippen molar-refractivity contribution in [2.45, 2.75) is 19.6 Å². The van der Waals surface area contributed by atoms with Crippen LogP contribution in [0.2, 0.25) is 0 Å². The van der Waals surface area contributed by atoms with Crippen molar-refractivity contribution >= 4 is 5.91 Å². The molecule has 0 radical (unpaired) electrons. The van der Waals surface area contributed by atoms with E-state index in [-0.39, 0.29) is 23.4 Å². The SMILES string of the molecule is Cc1ccc(C(=O)NCc2ccc(F)c(F)c2)c(=O)n1-c1cccc(C(F)(F)F)c1. The Morgan fingerprint density at radius 3 is 2.40 bits per heavy atom. The third kappa shape index (κ3) is 4.40. The Labute approximate surface area is 167 Å². The molecule has 1 heterocycles. The molecule has 9 heteroatoms. The van der Waals surface area contributed by atoms with E-state index >= 15 is 0 Å². The van der Waals surface area contributed by atoms with Crippen LogP contribution in [0.3, 0.4) is 0 Å². The third-order valence-corrected chi connectivity index (χ3v) is 4.39. The van der Waals surface area contributed by atoms with E-state index in [0.717, 1.165) is 28.8 Å². The average Bonchev–Trinajstić information content (AvgIpc) is 2.68. The number of nitrogens with zero attached hydrogens (tertiary/aromatic N) is 1. The number of halogens is 5. The topological polar surface area (TPSA) is 51.1 Å². The largest absolute Gasteiger partial charge is 0.416 e. The Morgan fingerprint density at radius 1 is 1.00 bits per heavy atom. The molecule has 0 saturated carbocycles. The zero-order chi connectivity index (χ0) is 22.1. The second-order valence-corrected chi connectivity index (χ2v) is 6.51. The molecule has 0 spiro atoms. The van der Waals surface area contributed by atoms with Crippen molar-refractivity contribution in [1.29, 1.82) is 0 Å². The Bertz CT molecular complexity index is 1170. The second-order valence-electron chi connectivity index (χ2n) is 6.51. The smallest absolute Gasteiger partial charge is 0.348 e. The lowest BCUT2D eigenvalue weighted by molar-refractivity contribution is -0.137. The van der Waals surface area contributed by atoms with Crippen molar-refractivity contribution in [2.24, 2.45) is 0 Å². The summed E-state index contributed by atoms with van der Waals surface area (Å²) in [5.74, 6) is -2.91. The van der Waals surface area contributed by atoms with Crippen molar-refractivity contribution in [1.82, 2.24) is 9.88 Å². The van der Waals surface area contributed by atoms with Gasteiger partial charge in [0, 0.05) is 17.9 Å². The summed E-state index contributed by atoms with van der Waals surface area (Å²) in [6, 6.07) is 9.95. The van der Waals surface area contributed by atoms with Gasteiger partial charge in [0.1, 0.15) is 5.56 Å². The van der Waals surface area contributed by atoms with Crippen LogP contribution in [0.25, 0.3) is 5.69 Å². The zero-order valence-electron chi connectivity index (χ0n) is 15.6. The van der Waals surface area contributed by atoms with Gasteiger partial charge < -0.3 is 5.32 Å². The van der Waals surface area contributed by atoms with E-state index in [1.165, 1.54) is 37.3 Å². The number of hydrogen-bond acceptors (Lipinski definition) is 2. The van der Waals surface area contributed by atoms with E-state index in [2.05, 4.69) is 5.32 Å². The van der Waals surface area contributed by atoms with Crippen LogP contribution in [0.4, 0.5) is 22.0 Å². The summed E-state index contributed by atoms with van der Waals surface area (Å²) in [5.41, 5.74) is -1.48. The monoisotopic (exact) mass is 422 g/mol. The summed E-state index contributed by atoms with van der Waals surface area (Å²) >= 11 is 0. The Balaban J connectivity index is 1.92. The maximum atomic E-state index is 13.3. The third-order valence-electron chi connectivity index (χ3n) is 4.39. The number of benzene rings is 2. The van der Waals surface area contributed by atoms with Gasteiger partial charge in [-0.1, -0.05) is 12.1 Å². The van der Waals surface area contributed by atoms with Crippen LogP contribution >= 0.6 is 0 Å². The Hall–Kier alpha value is -3.49. The van der Waals surface area contributed by atoms with Crippen molar-refractivity contribution in [2.75, 3.05) is 0 Å². The molecular weight excluding hydrogens is 407 g/mol. The summed E-state index contributed by atoms with van der Waals surface area (Å²) in [4.78, 5) is 25.3. The lowest BCUT2D eigenvalue weighted by Crippen LogP contribution is -2.33. The molecule has 0 unspecified atom stereocenters. The van der Waals surface area contributed by atoms with Crippen LogP contribution in [0.1, 0.15) is 27.2 Å². The number of rotatable bonds is 4. The molecule has 1 amide bonds. The number of aromatic nitrogens is 1. The van der Waals surface area contributed by atoms with Crippen LogP contribution in [-0.4, -0.2) is 10.5 Å². The number of nitrogens with one attached hydrogen (secondary N) is 1. The van der Waals surface area contributed by atoms with Crippen LogP contribution in [-0.2, 0) is 12.7 Å². The number of carbonyl (C=O) groups is 1. The molecule has 0 saturated heterocycles. The van der Waals surface area contributed by atoms with E-state index < -0.39 is 34.8 Å². The number of aryl methyl sites for hydroxylation is 1. The molecule has 0 bridgehead atoms. The number of alkyl halides is 3. The van der Waals surface area contributed by atoms with Gasteiger partial charge in [-0.15, -0.1) is 0 Å². The fourth-order valence-corrected chi connectivity index (χ4v) is 2.87. The van der Waals surface area contributed by atoms with Crippen LogP contribution < -0.4 is 10.9 Å². The van der Waals surface area contributed by atoms with Gasteiger partial charge in [-0.2, -0.15) is 13.2 Å². The summed E-state index contributed by atoms with van der Waals surface area (Å²) in [6.45, 7) is 1.34. The second kappa shape index (κ2) is 8.10. The molecule has 0 fully saturated rings. The molecule has 30 heavy (non-hydrogen) atoms. The van der Waals surface area contributed by atoms with E-state index in [1.54, 1.807) is 0 Å². The lowest BCUT2D eigenvalue weighted by Gasteiger charge is -2.14. The first-order chi connectivity index (χ1) is 14.1. The highest BCUT2D eigenvalue weighted by Crippen LogP contribution is 2.30. The lowest BCUT2D eigenvalue weighted by atomic mass is 10.1. The number of carbonyl (C=O) groups excluding carboxylic acids is 1. The quantitative estimate of drug-likeness (QED) is 0.635. The molecule has 0 aliphatic heterocycles. The molecule has 2 aromatic carbocycles. The van der Waals surface area contributed by atoms with Crippen molar-refractivity contribution in [3.05, 3.63) is 99.0 Å². The first kappa shape index (κ1) is 21.2. The Kier molecular flexibility index (Phi) is 5.73. The van der Waals surface area contributed by atoms with E-state index in [0.29, 0.717) is 5.69 Å². The van der Waals surface area contributed by atoms with Crippen LogP contribution in [0.5, 0.6) is 0 Å². The normalized spacial score (nSPS) is 11.4. The summed E-state index contributed by atoms with van der Waals surface area (Å²) in [7, 11) is 0. The van der Waals surface area contributed by atoms with Gasteiger partial charge in [0.05, 0.1) is 5.56 Å². The van der Waals surface area contributed by atoms with Gasteiger partial charge in [0.2, 0.25) is 0 Å². The minimum atomic E-state index is -4.59. The molecule has 3 aromatic rings. The van der Waals surface area contributed by atoms with E-state index in [9.17, 15) is 31.5 Å². The average molecular weight is 422 g/mol. The first-order valence-corrected chi connectivity index (χ1v) is 8.70. The van der Waals surface area contributed by atoms with Gasteiger partial charge >= 0.3 is 6.18 Å². The summed E-state index contributed by atoms with van der Waals surface area (Å²) in [5, 5.41) is 2.42. The van der Waals surface area contributed by atoms with Crippen LogP contribution in [0.15, 0.2) is 59.4 Å². The van der Waals surface area contributed by atoms with Gasteiger partial charge in [-0.3, -0.25) is 14.2 Å². The molecule has 0 aliphatic rings. The Morgan fingerprint density at radius 2 is 1.73 bits per heavy atom. The maximum absolute atomic E-state index is 13.3. The number of pyridine rings is 1. The van der Waals surface area contributed by atoms with Crippen molar-refractivity contribution < 1.29 is 26.7 Å². The minimum absolute atomic E-state index is 0.0393. The highest BCUT2D eigenvalue weighted by Gasteiger charge is 2.30. The van der Waals surface area contributed by atoms with E-state index in [1.807, 2.05) is 0 Å². The molecular formula is C21H15F5N2O2. The predicted octanol–water partition coefficient (Wildman–Crippen LogP) is 4.37. The number of hydrogen-bond donors (Lipinski definition) is 1. The minimum Gasteiger partial charge on any atom is -0.348 e. The first-order valence-electron chi connectivity index (χ1n) is 8.70. The molecule has 1 N–H and O–H groups in total. The molecule has 156 valence electrons. The molecule has 0 atom stereocenters. The van der Waals surface area contributed by atoms with Crippen molar-refractivity contribution in [3.8, 4) is 5.69 Å². The zero-order valence-corrected chi connectivity index (χ0v) is 15.6. The van der Waals surface area contributed by atoms with Gasteiger partial charge in [-0.05, 0) is 55.0 Å². The predicted molar refractivity (Wildman–Crippen MR) is 99.3 cm³/mol. The van der Waals surface area contributed by atoms with Gasteiger partial charge in [0.15, 0.2) is 11.6 Å². The highest BCUT2D eigenvalue weighted by molar-refractivity contribution is 5.93. The van der Waals surface area contributed by atoms with Crippen LogP contribution in [0, 0.1) is 18.6 Å². The molecule has 4 nitrogen and oxygen atoms in total. The highest BCUT2D eigenvalue weighted by atomic mass is 19.4. The standard InChI is InChI=1S/C21H15F5N2O2/c1-12-5-7-16(19(29)27-11-13-6-8-17(22)18(23)9-13)20(30)28(12)15-4-2-3-14(10-15)21(24,25)26/h2-10H,11H2,1H3,(H,27,29). The molecule has 1 aromatic heterocycles. The van der Waals surface area contributed by atoms with Gasteiger partial charge in [0.25, 0.3) is 11.5 Å². The fourth-order valence-electron chi connectivity index (χ4n) is 2.87. The summed E-state index contributed by atoms with van der Waals surface area (Å²) in [6.07, 6.45) is -4.59. The van der Waals surface area contributed by atoms with Crippen molar-refractivity contribution in [3.63, 3.8) is 0 Å². The summed E-state index contributed by atoms with van der Waals surface area (Å²) < 4.78 is 66.3. The maximum Gasteiger partial charge on any atom is 0.416 e. The molecule has 3 rings (SSSR count). The number of amides is 1.